The second kappa shape index (κ2) is 5.70. The molecule has 6 nitrogen and oxygen atoms in total. The molecule has 1 aromatic carbocycles. The maximum atomic E-state index is 12.3. The summed E-state index contributed by atoms with van der Waals surface area (Å²) in [6, 6.07) is 4.89. The third-order valence-electron chi connectivity index (χ3n) is 2.19. The maximum absolute atomic E-state index is 12.3. The molecule has 0 aliphatic carbocycles. The first-order valence-corrected chi connectivity index (χ1v) is 17.9. The van der Waals surface area contributed by atoms with Gasteiger partial charge in [0.1, 0.15) is 0 Å². The van der Waals surface area contributed by atoms with Gasteiger partial charge in [0.05, 0.1) is 0 Å². The molecular weight excluding hydrogens is 390 g/mol. The quantitative estimate of drug-likeness (QED) is 0.660. The van der Waals surface area contributed by atoms with Gasteiger partial charge in [-0.3, -0.25) is 0 Å². The van der Waals surface area contributed by atoms with Crippen molar-refractivity contribution in [1.29, 1.82) is 0 Å². The standard InChI is InChI=1S/C14H28O6P2S2/c1-21(2,3,4)19-23(15,16)13-9-11-14(12-10-13)24(17,18)20-22(5,6,7)8/h9-12H,1-8H3. The summed E-state index contributed by atoms with van der Waals surface area (Å²) in [6.45, 7) is 8.63. The summed E-state index contributed by atoms with van der Waals surface area (Å²) < 4.78 is 60.0. The van der Waals surface area contributed by atoms with E-state index in [4.69, 9.17) is 7.94 Å². The first kappa shape index (κ1) is 21.9. The Balaban J connectivity index is 3.19. The fraction of sp³-hybridized carbons (Fsp3) is 0.571. The van der Waals surface area contributed by atoms with Crippen molar-refractivity contribution in [2.75, 3.05) is 53.3 Å². The Hall–Kier alpha value is -0.100. The number of hydrogen-bond acceptors (Lipinski definition) is 6. The monoisotopic (exact) mass is 418 g/mol. The molecule has 0 saturated heterocycles. The van der Waals surface area contributed by atoms with E-state index in [0.717, 1.165) is 0 Å². The molecule has 0 aromatic heterocycles. The Labute approximate surface area is 146 Å². The molecule has 0 saturated carbocycles. The van der Waals surface area contributed by atoms with E-state index in [-0.39, 0.29) is 9.79 Å². The van der Waals surface area contributed by atoms with Crippen molar-refractivity contribution in [2.24, 2.45) is 0 Å². The van der Waals surface area contributed by atoms with Crippen molar-refractivity contribution in [3.63, 3.8) is 0 Å². The van der Waals surface area contributed by atoms with E-state index in [0.29, 0.717) is 0 Å². The minimum absolute atomic E-state index is 0.0821. The van der Waals surface area contributed by atoms with Crippen LogP contribution in [-0.2, 0) is 28.2 Å². The zero-order valence-electron chi connectivity index (χ0n) is 15.5. The molecule has 142 valence electrons. The fourth-order valence-electron chi connectivity index (χ4n) is 1.64. The normalized spacial score (nSPS) is 17.5. The Kier molecular flexibility index (Phi) is 5.21. The molecule has 1 aromatic rings. The molecule has 10 heteroatoms. The van der Waals surface area contributed by atoms with Crippen LogP contribution in [0.25, 0.3) is 0 Å². The summed E-state index contributed by atoms with van der Waals surface area (Å²) in [4.78, 5) is -0.164. The van der Waals surface area contributed by atoms with E-state index < -0.39 is 33.9 Å². The van der Waals surface area contributed by atoms with Gasteiger partial charge in [0.25, 0.3) is 0 Å². The molecule has 0 aliphatic rings. The second-order valence-corrected chi connectivity index (χ2v) is 27.0. The van der Waals surface area contributed by atoms with Crippen LogP contribution in [0.4, 0.5) is 0 Å². The van der Waals surface area contributed by atoms with Gasteiger partial charge >= 0.3 is 146 Å². The van der Waals surface area contributed by atoms with Crippen LogP contribution < -0.4 is 0 Å². The Morgan fingerprint density at radius 3 is 0.958 bits per heavy atom. The Bertz CT molecular complexity index is 747. The summed E-state index contributed by atoms with van der Waals surface area (Å²) in [5.74, 6) is 0. The summed E-state index contributed by atoms with van der Waals surface area (Å²) in [5.41, 5.74) is 0. The van der Waals surface area contributed by atoms with Crippen molar-refractivity contribution in [2.45, 2.75) is 9.79 Å². The second-order valence-electron chi connectivity index (χ2n) is 9.36. The van der Waals surface area contributed by atoms with E-state index in [1.54, 1.807) is 53.3 Å². The molecule has 0 unspecified atom stereocenters. The van der Waals surface area contributed by atoms with Gasteiger partial charge in [-0.15, -0.1) is 0 Å². The van der Waals surface area contributed by atoms with Crippen LogP contribution in [0.15, 0.2) is 34.1 Å². The molecule has 0 atom stereocenters. The number of benzene rings is 1. The van der Waals surface area contributed by atoms with Crippen molar-refractivity contribution >= 4 is 33.9 Å². The summed E-state index contributed by atoms with van der Waals surface area (Å²) in [6.07, 6.45) is 0. The summed E-state index contributed by atoms with van der Waals surface area (Å²) in [7, 11) is -7.91. The van der Waals surface area contributed by atoms with Gasteiger partial charge in [0, 0.05) is 0 Å². The van der Waals surface area contributed by atoms with Crippen molar-refractivity contribution in [1.82, 2.24) is 0 Å². The van der Waals surface area contributed by atoms with E-state index >= 15 is 0 Å². The van der Waals surface area contributed by atoms with Crippen LogP contribution in [0.3, 0.4) is 0 Å². The molecule has 0 heterocycles. The molecule has 1 rings (SSSR count). The third kappa shape index (κ3) is 7.42. The third-order valence-corrected chi connectivity index (χ3v) is 10.2. The van der Waals surface area contributed by atoms with Gasteiger partial charge in [-0.05, 0) is 0 Å². The molecule has 24 heavy (non-hydrogen) atoms. The molecule has 0 amide bonds. The van der Waals surface area contributed by atoms with Crippen LogP contribution >= 0.6 is 13.7 Å². The zero-order chi connectivity index (χ0) is 19.3. The van der Waals surface area contributed by atoms with Gasteiger partial charge < -0.3 is 0 Å². The van der Waals surface area contributed by atoms with E-state index in [9.17, 15) is 16.8 Å². The van der Waals surface area contributed by atoms with Gasteiger partial charge in [-0.25, -0.2) is 0 Å². The first-order valence-electron chi connectivity index (χ1n) is 7.17. The van der Waals surface area contributed by atoms with Gasteiger partial charge in [0.2, 0.25) is 0 Å². The van der Waals surface area contributed by atoms with Gasteiger partial charge in [0.15, 0.2) is 0 Å². The minimum atomic E-state index is -3.96. The summed E-state index contributed by atoms with van der Waals surface area (Å²) in [5, 5.41) is 0. The Morgan fingerprint density at radius 1 is 0.583 bits per heavy atom. The molecule has 0 spiro atoms. The molecule has 0 bridgehead atoms. The SMILES string of the molecule is CP(C)(C)(C)OS(=O)(=O)c1ccc(S(=O)(=O)OP(C)(C)(C)C)cc1. The van der Waals surface area contributed by atoms with E-state index in [1.165, 1.54) is 24.3 Å². The van der Waals surface area contributed by atoms with Crippen LogP contribution in [-0.4, -0.2) is 70.2 Å². The molecular formula is C14H28O6P2S2. The van der Waals surface area contributed by atoms with Gasteiger partial charge in [-0.2, -0.15) is 0 Å². The molecule has 0 fully saturated rings. The van der Waals surface area contributed by atoms with Gasteiger partial charge in [-0.1, -0.05) is 0 Å². The van der Waals surface area contributed by atoms with E-state index in [1.807, 2.05) is 0 Å². The Morgan fingerprint density at radius 2 is 0.792 bits per heavy atom. The van der Waals surface area contributed by atoms with Crippen LogP contribution in [0.1, 0.15) is 0 Å². The van der Waals surface area contributed by atoms with Crippen LogP contribution in [0, 0.1) is 0 Å². The van der Waals surface area contributed by atoms with Crippen LogP contribution in [0.2, 0.25) is 0 Å². The van der Waals surface area contributed by atoms with Crippen molar-refractivity contribution < 1.29 is 24.8 Å². The number of rotatable bonds is 6. The zero-order valence-corrected chi connectivity index (χ0v) is 18.9. The predicted octanol–water partition coefficient (Wildman–Crippen LogP) is 3.07. The van der Waals surface area contributed by atoms with E-state index in [2.05, 4.69) is 0 Å². The summed E-state index contributed by atoms with van der Waals surface area (Å²) >= 11 is 0. The van der Waals surface area contributed by atoms with Crippen molar-refractivity contribution in [3.05, 3.63) is 24.3 Å². The average molecular weight is 418 g/mol. The van der Waals surface area contributed by atoms with Crippen LogP contribution in [0.5, 0.6) is 0 Å². The van der Waals surface area contributed by atoms with Crippen molar-refractivity contribution in [3.8, 4) is 0 Å². The average Bonchev–Trinajstić information content (AvgIpc) is 2.20. The number of hydrogen-bond donors (Lipinski definition) is 0. The molecule has 0 radical (unpaired) electrons. The first-order chi connectivity index (χ1) is 10.1. The molecule has 0 aliphatic heterocycles. The fourth-order valence-corrected chi connectivity index (χ4v) is 9.55. The molecule has 0 N–H and O–H groups in total. The predicted molar refractivity (Wildman–Crippen MR) is 104 cm³/mol. The topological polar surface area (TPSA) is 86.7 Å².